The number of hydrogen-bond donors (Lipinski definition) is 0. The number of para-hydroxylation sites is 2. The fraction of sp³-hybridized carbons (Fsp3) is 0.225. The van der Waals surface area contributed by atoms with E-state index < -0.39 is 18.6 Å². The lowest BCUT2D eigenvalue weighted by Gasteiger charge is -2.21. The lowest BCUT2D eigenvalue weighted by atomic mass is 9.88. The van der Waals surface area contributed by atoms with Gasteiger partial charge in [-0.15, -0.1) is 0 Å². The zero-order valence-electron chi connectivity index (χ0n) is 30.3. The van der Waals surface area contributed by atoms with Crippen molar-refractivity contribution < 1.29 is 11.4 Å². The van der Waals surface area contributed by atoms with Crippen LogP contribution in [-0.2, 0) is 7.05 Å². The van der Waals surface area contributed by atoms with Gasteiger partial charge in [0.2, 0.25) is 0 Å². The Labute approximate surface area is 257 Å². The van der Waals surface area contributed by atoms with Crippen molar-refractivity contribution in [2.75, 3.05) is 0 Å². The minimum atomic E-state index is -2.30. The van der Waals surface area contributed by atoms with Gasteiger partial charge in [-0.05, 0) is 89.3 Å². The van der Waals surface area contributed by atoms with Crippen molar-refractivity contribution in [2.24, 2.45) is 7.05 Å². The molecule has 5 aromatic carbocycles. The Morgan fingerprint density at radius 1 is 0.643 bits per heavy atom. The van der Waals surface area contributed by atoms with E-state index in [0.717, 1.165) is 61.5 Å². The van der Waals surface area contributed by atoms with Crippen LogP contribution in [0.4, 0.5) is 0 Å². The molecule has 0 atom stereocenters. The fourth-order valence-electron chi connectivity index (χ4n) is 6.08. The maximum atomic E-state index is 9.46. The highest BCUT2D eigenvalue weighted by Gasteiger charge is 2.32. The van der Waals surface area contributed by atoms with Crippen LogP contribution in [-0.4, -0.2) is 4.57 Å². The normalized spacial score (nSPS) is 14.2. The number of rotatable bonds is 6. The molecule has 0 N–H and O–H groups in total. The Hall–Kier alpha value is -4.43. The van der Waals surface area contributed by atoms with E-state index in [-0.39, 0.29) is 0 Å². The molecular formula is C40H41N2+. The summed E-state index contributed by atoms with van der Waals surface area (Å²) < 4.78 is 48.5. The number of benzene rings is 5. The van der Waals surface area contributed by atoms with Gasteiger partial charge in [0.25, 0.3) is 5.82 Å². The smallest absolute Gasteiger partial charge is 0.225 e. The average Bonchev–Trinajstić information content (AvgIpc) is 3.31. The van der Waals surface area contributed by atoms with Gasteiger partial charge >= 0.3 is 0 Å². The third-order valence-electron chi connectivity index (χ3n) is 8.22. The van der Waals surface area contributed by atoms with Crippen LogP contribution in [0, 0.1) is 13.8 Å². The summed E-state index contributed by atoms with van der Waals surface area (Å²) in [5.41, 5.74) is 9.83. The van der Waals surface area contributed by atoms with Gasteiger partial charge in [0.1, 0.15) is 5.69 Å². The predicted octanol–water partition coefficient (Wildman–Crippen LogP) is 10.3. The van der Waals surface area contributed by atoms with Crippen LogP contribution in [0.25, 0.3) is 50.4 Å². The Balaban J connectivity index is 1.79. The number of aryl methyl sites for hydroxylation is 3. The quantitative estimate of drug-likeness (QED) is 0.181. The van der Waals surface area contributed by atoms with E-state index in [1.54, 1.807) is 6.07 Å². The maximum Gasteiger partial charge on any atom is 0.295 e. The molecule has 0 saturated carbocycles. The van der Waals surface area contributed by atoms with E-state index in [2.05, 4.69) is 45.5 Å². The summed E-state index contributed by atoms with van der Waals surface area (Å²) in [6.45, 7) is 7.26. The van der Waals surface area contributed by atoms with E-state index >= 15 is 0 Å². The third-order valence-corrected chi connectivity index (χ3v) is 8.22. The second-order valence-electron chi connectivity index (χ2n) is 11.6. The summed E-state index contributed by atoms with van der Waals surface area (Å²) >= 11 is 0. The Morgan fingerprint density at radius 2 is 1.21 bits per heavy atom. The minimum absolute atomic E-state index is 0.309. The summed E-state index contributed by atoms with van der Waals surface area (Å²) in [5.74, 6) is -1.19. The van der Waals surface area contributed by atoms with E-state index in [0.29, 0.717) is 11.1 Å². The van der Waals surface area contributed by atoms with Crippen molar-refractivity contribution in [1.82, 2.24) is 4.57 Å². The molecule has 2 heteroatoms. The number of aromatic nitrogens is 2. The number of fused-ring (bicyclic) bond motifs is 1. The first kappa shape index (κ1) is 22.2. The lowest BCUT2D eigenvalue weighted by Crippen LogP contribution is -2.30. The molecule has 0 fully saturated rings. The molecule has 6 rings (SSSR count). The highest BCUT2D eigenvalue weighted by atomic mass is 15.2. The van der Waals surface area contributed by atoms with E-state index in [9.17, 15) is 2.74 Å². The van der Waals surface area contributed by atoms with Crippen molar-refractivity contribution in [1.29, 1.82) is 0 Å². The van der Waals surface area contributed by atoms with Gasteiger partial charge < -0.3 is 0 Å². The number of nitrogens with zero attached hydrogens (tertiary/aromatic N) is 2. The summed E-state index contributed by atoms with van der Waals surface area (Å²) in [6, 6.07) is 36.0. The van der Waals surface area contributed by atoms with Crippen LogP contribution < -0.4 is 4.57 Å². The highest BCUT2D eigenvalue weighted by Crippen LogP contribution is 2.41. The second-order valence-corrected chi connectivity index (χ2v) is 11.6. The van der Waals surface area contributed by atoms with Crippen LogP contribution in [0.1, 0.15) is 68.6 Å². The molecule has 6 aromatic rings. The number of hydrogen-bond acceptors (Lipinski definition) is 0. The molecule has 0 amide bonds. The monoisotopic (exact) mass is 554 g/mol. The average molecular weight is 555 g/mol. The molecule has 1 aromatic heterocycles. The van der Waals surface area contributed by atoms with Gasteiger partial charge in [-0.1, -0.05) is 107 Å². The fourth-order valence-corrected chi connectivity index (χ4v) is 6.08. The molecule has 0 bridgehead atoms. The van der Waals surface area contributed by atoms with Gasteiger partial charge in [0, 0.05) is 18.0 Å². The summed E-state index contributed by atoms with van der Waals surface area (Å²) in [5, 5.41) is 0. The zero-order valence-corrected chi connectivity index (χ0v) is 25.3. The van der Waals surface area contributed by atoms with E-state index in [1.807, 2.05) is 108 Å². The molecule has 0 aliphatic rings. The Morgan fingerprint density at radius 3 is 1.81 bits per heavy atom. The van der Waals surface area contributed by atoms with Crippen LogP contribution in [0.3, 0.4) is 0 Å². The SMILES string of the molecule is [2H]C([2H])([2H])c1cc(C)c(-c2n(-c3c(C([2H])(C)C)cc(-c4ccccc4)cc3C([2H])(C)C)c3ccccc3[n+]2C)cc1-c1ccccc1. The first-order chi connectivity index (χ1) is 22.1. The predicted molar refractivity (Wildman–Crippen MR) is 178 cm³/mol. The van der Waals surface area contributed by atoms with E-state index in [4.69, 9.17) is 4.11 Å². The lowest BCUT2D eigenvalue weighted by molar-refractivity contribution is -0.633. The van der Waals surface area contributed by atoms with Crippen LogP contribution in [0.2, 0.25) is 0 Å². The van der Waals surface area contributed by atoms with Gasteiger partial charge in [-0.25, -0.2) is 4.57 Å². The molecule has 0 unspecified atom stereocenters. The molecule has 0 aliphatic carbocycles. The van der Waals surface area contributed by atoms with Crippen molar-refractivity contribution in [3.05, 3.63) is 131 Å². The van der Waals surface area contributed by atoms with Crippen molar-refractivity contribution >= 4 is 11.0 Å². The molecule has 0 saturated heterocycles. The van der Waals surface area contributed by atoms with Gasteiger partial charge in [0.05, 0.1) is 12.6 Å². The molecular weight excluding hydrogens is 508 g/mol. The van der Waals surface area contributed by atoms with Crippen LogP contribution >= 0.6 is 0 Å². The van der Waals surface area contributed by atoms with E-state index in [1.165, 1.54) is 0 Å². The first-order valence-electron chi connectivity index (χ1n) is 17.0. The minimum Gasteiger partial charge on any atom is -0.225 e. The molecule has 210 valence electrons. The molecule has 42 heavy (non-hydrogen) atoms. The zero-order chi connectivity index (χ0) is 33.9. The first-order valence-corrected chi connectivity index (χ1v) is 14.5. The summed E-state index contributed by atoms with van der Waals surface area (Å²) in [4.78, 5) is 0. The van der Waals surface area contributed by atoms with Crippen molar-refractivity contribution in [3.63, 3.8) is 0 Å². The second kappa shape index (κ2) is 11.1. The summed E-state index contributed by atoms with van der Waals surface area (Å²) in [6.07, 6.45) is 0. The van der Waals surface area contributed by atoms with Crippen molar-refractivity contribution in [3.8, 4) is 39.3 Å². The standard InChI is InChI=1S/C40H41N2/c1-26(2)33-23-32(30-16-10-8-11-17-30)24-34(27(3)4)39(33)42-38-21-15-14-20-37(38)41(7)40(42)36-25-35(28(5)22-29(36)6)31-18-12-9-13-19-31/h8-27H,1-7H3/q+1/i5D3,26D,27D. The molecule has 2 nitrogen and oxygen atoms in total. The third kappa shape index (κ3) is 4.75. The Kier molecular flexibility index (Phi) is 5.87. The van der Waals surface area contributed by atoms with Crippen LogP contribution in [0.15, 0.2) is 109 Å². The topological polar surface area (TPSA) is 8.81 Å². The Bertz CT molecular complexity index is 2060. The van der Waals surface area contributed by atoms with Crippen LogP contribution in [0.5, 0.6) is 0 Å². The van der Waals surface area contributed by atoms with Gasteiger partial charge in [0.15, 0.2) is 11.0 Å². The maximum absolute atomic E-state index is 9.46. The molecule has 0 aliphatic heterocycles. The van der Waals surface area contributed by atoms with Gasteiger partial charge in [-0.3, -0.25) is 0 Å². The molecule has 0 radical (unpaired) electrons. The molecule has 0 spiro atoms. The number of imidazole rings is 1. The highest BCUT2D eigenvalue weighted by molar-refractivity contribution is 5.84. The van der Waals surface area contributed by atoms with Crippen molar-refractivity contribution in [2.45, 2.75) is 53.3 Å². The largest absolute Gasteiger partial charge is 0.295 e. The summed E-state index contributed by atoms with van der Waals surface area (Å²) in [7, 11) is 2.03. The van der Waals surface area contributed by atoms with Gasteiger partial charge in [-0.2, -0.15) is 4.57 Å². The molecule has 1 heterocycles.